The van der Waals surface area contributed by atoms with E-state index in [-0.39, 0.29) is 0 Å². The SMILES string of the molecule is COc1ccc(Br)c(CN(Cc2ccco2)C2CC2)c1. The number of ether oxygens (including phenoxy) is 1. The summed E-state index contributed by atoms with van der Waals surface area (Å²) >= 11 is 3.63. The highest BCUT2D eigenvalue weighted by atomic mass is 79.9. The minimum absolute atomic E-state index is 0.679. The van der Waals surface area contributed by atoms with E-state index >= 15 is 0 Å². The molecule has 0 radical (unpaired) electrons. The molecule has 3 nitrogen and oxygen atoms in total. The second kappa shape index (κ2) is 6.02. The van der Waals surface area contributed by atoms with E-state index in [9.17, 15) is 0 Å². The lowest BCUT2D eigenvalue weighted by molar-refractivity contribution is 0.224. The van der Waals surface area contributed by atoms with Gasteiger partial charge in [-0.05, 0) is 48.7 Å². The van der Waals surface area contributed by atoms with E-state index in [4.69, 9.17) is 9.15 Å². The van der Waals surface area contributed by atoms with Crippen LogP contribution in [0.2, 0.25) is 0 Å². The van der Waals surface area contributed by atoms with Crippen LogP contribution in [0.15, 0.2) is 45.5 Å². The molecule has 4 heteroatoms. The molecule has 1 aliphatic carbocycles. The molecule has 1 heterocycles. The third kappa shape index (κ3) is 3.25. The van der Waals surface area contributed by atoms with Gasteiger partial charge in [0.15, 0.2) is 0 Å². The quantitative estimate of drug-likeness (QED) is 0.790. The van der Waals surface area contributed by atoms with Gasteiger partial charge in [0.25, 0.3) is 0 Å². The number of rotatable bonds is 6. The zero-order chi connectivity index (χ0) is 13.9. The molecule has 20 heavy (non-hydrogen) atoms. The monoisotopic (exact) mass is 335 g/mol. The van der Waals surface area contributed by atoms with Gasteiger partial charge in [-0.2, -0.15) is 0 Å². The normalized spacial score (nSPS) is 14.8. The Hall–Kier alpha value is -1.26. The maximum atomic E-state index is 5.48. The van der Waals surface area contributed by atoms with E-state index in [0.29, 0.717) is 6.04 Å². The average molecular weight is 336 g/mol. The Kier molecular flexibility index (Phi) is 4.13. The standard InChI is InChI=1S/C16H18BrNO2/c1-19-14-6-7-16(17)12(9-14)10-18(13-4-5-13)11-15-3-2-8-20-15/h2-3,6-9,13H,4-5,10-11H2,1H3. The van der Waals surface area contributed by atoms with E-state index in [0.717, 1.165) is 29.1 Å². The summed E-state index contributed by atoms with van der Waals surface area (Å²) in [7, 11) is 1.70. The fourth-order valence-electron chi connectivity index (χ4n) is 2.37. The number of furan rings is 1. The molecule has 0 N–H and O–H groups in total. The van der Waals surface area contributed by atoms with E-state index < -0.39 is 0 Å². The van der Waals surface area contributed by atoms with Crippen LogP contribution in [-0.2, 0) is 13.1 Å². The highest BCUT2D eigenvalue weighted by Crippen LogP contribution is 2.32. The minimum atomic E-state index is 0.679. The zero-order valence-corrected chi connectivity index (χ0v) is 13.1. The van der Waals surface area contributed by atoms with Gasteiger partial charge in [-0.15, -0.1) is 0 Å². The van der Waals surface area contributed by atoms with Crippen LogP contribution in [-0.4, -0.2) is 18.1 Å². The topological polar surface area (TPSA) is 25.6 Å². The van der Waals surface area contributed by atoms with Crippen LogP contribution in [0.1, 0.15) is 24.2 Å². The van der Waals surface area contributed by atoms with Gasteiger partial charge >= 0.3 is 0 Å². The summed E-state index contributed by atoms with van der Waals surface area (Å²) in [6.07, 6.45) is 4.30. The first-order chi connectivity index (χ1) is 9.76. The number of hydrogen-bond acceptors (Lipinski definition) is 3. The van der Waals surface area contributed by atoms with Gasteiger partial charge in [0.05, 0.1) is 19.9 Å². The Labute approximate surface area is 127 Å². The van der Waals surface area contributed by atoms with Crippen molar-refractivity contribution in [3.8, 4) is 5.75 Å². The van der Waals surface area contributed by atoms with Crippen molar-refractivity contribution in [3.63, 3.8) is 0 Å². The summed E-state index contributed by atoms with van der Waals surface area (Å²) in [6, 6.07) is 10.8. The predicted molar refractivity (Wildman–Crippen MR) is 81.7 cm³/mol. The Balaban J connectivity index is 1.76. The lowest BCUT2D eigenvalue weighted by atomic mass is 10.2. The molecule has 1 aromatic heterocycles. The molecule has 0 atom stereocenters. The summed E-state index contributed by atoms with van der Waals surface area (Å²) in [6.45, 7) is 1.77. The van der Waals surface area contributed by atoms with Gasteiger partial charge in [0, 0.05) is 17.1 Å². The van der Waals surface area contributed by atoms with E-state index in [1.165, 1.54) is 18.4 Å². The Morgan fingerprint density at radius 2 is 2.15 bits per heavy atom. The van der Waals surface area contributed by atoms with Crippen molar-refractivity contribution in [2.75, 3.05) is 7.11 Å². The predicted octanol–water partition coefficient (Wildman–Crippen LogP) is 4.22. The van der Waals surface area contributed by atoms with Crippen molar-refractivity contribution >= 4 is 15.9 Å². The first kappa shape index (κ1) is 13.7. The molecule has 1 fully saturated rings. The molecule has 0 unspecified atom stereocenters. The highest BCUT2D eigenvalue weighted by Gasteiger charge is 2.29. The molecule has 0 amide bonds. The van der Waals surface area contributed by atoms with Crippen LogP contribution in [0.25, 0.3) is 0 Å². The maximum absolute atomic E-state index is 5.48. The minimum Gasteiger partial charge on any atom is -0.497 e. The van der Waals surface area contributed by atoms with Crippen LogP contribution in [0.3, 0.4) is 0 Å². The van der Waals surface area contributed by atoms with Crippen LogP contribution < -0.4 is 4.74 Å². The smallest absolute Gasteiger partial charge is 0.119 e. The summed E-state index contributed by atoms with van der Waals surface area (Å²) in [5, 5.41) is 0. The molecule has 0 saturated heterocycles. The van der Waals surface area contributed by atoms with Crippen LogP contribution in [0.4, 0.5) is 0 Å². The maximum Gasteiger partial charge on any atom is 0.119 e. The first-order valence-corrected chi connectivity index (χ1v) is 7.64. The molecule has 1 saturated carbocycles. The second-order valence-electron chi connectivity index (χ2n) is 5.17. The van der Waals surface area contributed by atoms with Gasteiger partial charge in [-0.25, -0.2) is 0 Å². The number of methoxy groups -OCH3 is 1. The summed E-state index contributed by atoms with van der Waals surface area (Å²) in [4.78, 5) is 2.47. The van der Waals surface area contributed by atoms with Crippen molar-refractivity contribution in [1.29, 1.82) is 0 Å². The van der Waals surface area contributed by atoms with Crippen molar-refractivity contribution in [1.82, 2.24) is 4.90 Å². The van der Waals surface area contributed by atoms with Crippen molar-refractivity contribution in [2.45, 2.75) is 32.0 Å². The lowest BCUT2D eigenvalue weighted by Crippen LogP contribution is -2.25. The summed E-state index contributed by atoms with van der Waals surface area (Å²) in [5.41, 5.74) is 1.25. The molecule has 1 aromatic carbocycles. The average Bonchev–Trinajstić information content (AvgIpc) is 3.18. The Morgan fingerprint density at radius 3 is 2.80 bits per heavy atom. The Bertz CT molecular complexity index is 564. The van der Waals surface area contributed by atoms with Crippen molar-refractivity contribution < 1.29 is 9.15 Å². The number of hydrogen-bond donors (Lipinski definition) is 0. The van der Waals surface area contributed by atoms with Gasteiger partial charge < -0.3 is 9.15 Å². The summed E-state index contributed by atoms with van der Waals surface area (Å²) in [5.74, 6) is 1.92. The lowest BCUT2D eigenvalue weighted by Gasteiger charge is -2.21. The van der Waals surface area contributed by atoms with E-state index in [1.54, 1.807) is 13.4 Å². The van der Waals surface area contributed by atoms with Crippen LogP contribution in [0, 0.1) is 0 Å². The molecular formula is C16H18BrNO2. The van der Waals surface area contributed by atoms with E-state index in [1.807, 2.05) is 24.3 Å². The Morgan fingerprint density at radius 1 is 1.30 bits per heavy atom. The van der Waals surface area contributed by atoms with Gasteiger partial charge in [-0.1, -0.05) is 15.9 Å². The summed E-state index contributed by atoms with van der Waals surface area (Å²) < 4.78 is 11.9. The molecular weight excluding hydrogens is 318 g/mol. The molecule has 0 bridgehead atoms. The number of benzene rings is 1. The fourth-order valence-corrected chi connectivity index (χ4v) is 2.75. The molecule has 0 spiro atoms. The zero-order valence-electron chi connectivity index (χ0n) is 11.5. The third-order valence-corrected chi connectivity index (χ3v) is 4.40. The molecule has 2 aromatic rings. The number of halogens is 1. The molecule has 1 aliphatic rings. The largest absolute Gasteiger partial charge is 0.497 e. The molecule has 0 aliphatic heterocycles. The first-order valence-electron chi connectivity index (χ1n) is 6.85. The van der Waals surface area contributed by atoms with Crippen molar-refractivity contribution in [2.24, 2.45) is 0 Å². The van der Waals surface area contributed by atoms with Crippen LogP contribution >= 0.6 is 15.9 Å². The molecule has 3 rings (SSSR count). The van der Waals surface area contributed by atoms with Gasteiger partial charge in [-0.3, -0.25) is 4.90 Å². The van der Waals surface area contributed by atoms with Crippen LogP contribution in [0.5, 0.6) is 5.75 Å². The van der Waals surface area contributed by atoms with E-state index in [2.05, 4.69) is 26.9 Å². The molecule has 106 valence electrons. The second-order valence-corrected chi connectivity index (χ2v) is 6.03. The van der Waals surface area contributed by atoms with Gasteiger partial charge in [0.1, 0.15) is 11.5 Å². The van der Waals surface area contributed by atoms with Gasteiger partial charge in [0.2, 0.25) is 0 Å². The third-order valence-electron chi connectivity index (χ3n) is 3.63. The van der Waals surface area contributed by atoms with Crippen molar-refractivity contribution in [3.05, 3.63) is 52.4 Å². The number of nitrogens with zero attached hydrogens (tertiary/aromatic N) is 1. The highest BCUT2D eigenvalue weighted by molar-refractivity contribution is 9.10. The fraction of sp³-hybridized carbons (Fsp3) is 0.375.